The molecular formula is C26H39N3O3. The Morgan fingerprint density at radius 3 is 2.44 bits per heavy atom. The lowest BCUT2D eigenvalue weighted by Crippen LogP contribution is -2.59. The molecule has 32 heavy (non-hydrogen) atoms. The fourth-order valence-electron chi connectivity index (χ4n) is 4.92. The van der Waals surface area contributed by atoms with Gasteiger partial charge in [0.05, 0.1) is 0 Å². The zero-order valence-electron chi connectivity index (χ0n) is 19.7. The summed E-state index contributed by atoms with van der Waals surface area (Å²) in [7, 11) is 0. The largest absolute Gasteiger partial charge is 0.344 e. The predicted octanol–water partition coefficient (Wildman–Crippen LogP) is 3.54. The molecule has 1 heterocycles. The molecular weight excluding hydrogens is 402 g/mol. The standard InChI is InChI=1S/C26H39N3O3/c1-3-4-15-24(30)29-17-16-28(19-20(29)2)26(32)23(18-21-11-7-5-8-12-21)27-25(31)22-13-9-6-10-14-22/h5,7-8,11-12,20,22-23H,3-4,6,9-10,13-19H2,1-2H3,(H,27,31). The highest BCUT2D eigenvalue weighted by Gasteiger charge is 2.34. The molecule has 0 radical (unpaired) electrons. The van der Waals surface area contributed by atoms with Crippen LogP contribution in [0.4, 0.5) is 0 Å². The van der Waals surface area contributed by atoms with Gasteiger partial charge < -0.3 is 15.1 Å². The molecule has 1 aliphatic heterocycles. The maximum absolute atomic E-state index is 13.5. The van der Waals surface area contributed by atoms with Gasteiger partial charge in [-0.25, -0.2) is 0 Å². The van der Waals surface area contributed by atoms with E-state index in [9.17, 15) is 14.4 Å². The van der Waals surface area contributed by atoms with E-state index in [4.69, 9.17) is 0 Å². The van der Waals surface area contributed by atoms with Gasteiger partial charge in [0.15, 0.2) is 0 Å². The summed E-state index contributed by atoms with van der Waals surface area (Å²) in [5.74, 6) is 0.172. The van der Waals surface area contributed by atoms with Crippen LogP contribution < -0.4 is 5.32 Å². The average molecular weight is 442 g/mol. The molecule has 2 unspecified atom stereocenters. The lowest BCUT2D eigenvalue weighted by Gasteiger charge is -2.41. The van der Waals surface area contributed by atoms with E-state index in [1.807, 2.05) is 47.1 Å². The molecule has 3 amide bonds. The van der Waals surface area contributed by atoms with Crippen LogP contribution in [0.3, 0.4) is 0 Å². The predicted molar refractivity (Wildman–Crippen MR) is 126 cm³/mol. The van der Waals surface area contributed by atoms with E-state index in [1.165, 1.54) is 6.42 Å². The van der Waals surface area contributed by atoms with Crippen molar-refractivity contribution in [2.45, 2.75) is 83.7 Å². The first-order valence-corrected chi connectivity index (χ1v) is 12.4. The molecule has 0 spiro atoms. The summed E-state index contributed by atoms with van der Waals surface area (Å²) < 4.78 is 0. The molecule has 1 saturated heterocycles. The Labute approximate surface area is 192 Å². The van der Waals surface area contributed by atoms with Gasteiger partial charge in [0.2, 0.25) is 17.7 Å². The van der Waals surface area contributed by atoms with E-state index >= 15 is 0 Å². The third kappa shape index (κ3) is 6.57. The van der Waals surface area contributed by atoms with Crippen molar-refractivity contribution in [3.05, 3.63) is 35.9 Å². The number of nitrogens with one attached hydrogen (secondary N) is 1. The first kappa shape index (κ1) is 24.3. The molecule has 2 aliphatic rings. The van der Waals surface area contributed by atoms with Gasteiger partial charge >= 0.3 is 0 Å². The highest BCUT2D eigenvalue weighted by Crippen LogP contribution is 2.24. The van der Waals surface area contributed by atoms with Gasteiger partial charge in [-0.15, -0.1) is 0 Å². The van der Waals surface area contributed by atoms with E-state index in [0.29, 0.717) is 32.5 Å². The Bertz CT molecular complexity index is 761. The molecule has 2 atom stereocenters. The number of hydrogen-bond acceptors (Lipinski definition) is 3. The lowest BCUT2D eigenvalue weighted by atomic mass is 9.88. The number of nitrogens with zero attached hydrogens (tertiary/aromatic N) is 2. The minimum atomic E-state index is -0.568. The molecule has 1 N–H and O–H groups in total. The summed E-state index contributed by atoms with van der Waals surface area (Å²) in [6.45, 7) is 5.69. The molecule has 0 aromatic heterocycles. The number of rotatable bonds is 8. The quantitative estimate of drug-likeness (QED) is 0.671. The van der Waals surface area contributed by atoms with E-state index in [1.54, 1.807) is 0 Å². The molecule has 0 bridgehead atoms. The van der Waals surface area contributed by atoms with Gasteiger partial charge in [-0.2, -0.15) is 0 Å². The zero-order valence-corrected chi connectivity index (χ0v) is 19.7. The summed E-state index contributed by atoms with van der Waals surface area (Å²) in [5.41, 5.74) is 1.04. The Hall–Kier alpha value is -2.37. The summed E-state index contributed by atoms with van der Waals surface area (Å²) >= 11 is 0. The van der Waals surface area contributed by atoms with E-state index in [-0.39, 0.29) is 29.7 Å². The molecule has 1 aliphatic carbocycles. The Kier molecular flexibility index (Phi) is 9.12. The first-order chi connectivity index (χ1) is 15.5. The minimum absolute atomic E-state index is 0.0107. The van der Waals surface area contributed by atoms with Gasteiger partial charge in [-0.1, -0.05) is 62.9 Å². The van der Waals surface area contributed by atoms with Crippen molar-refractivity contribution in [2.75, 3.05) is 19.6 Å². The normalized spacial score (nSPS) is 20.6. The van der Waals surface area contributed by atoms with Crippen molar-refractivity contribution in [3.8, 4) is 0 Å². The number of unbranched alkanes of at least 4 members (excludes halogenated alkanes) is 1. The number of carbonyl (C=O) groups excluding carboxylic acids is 3. The maximum Gasteiger partial charge on any atom is 0.245 e. The smallest absolute Gasteiger partial charge is 0.245 e. The molecule has 6 heteroatoms. The zero-order chi connectivity index (χ0) is 22.9. The fraction of sp³-hybridized carbons (Fsp3) is 0.654. The summed E-state index contributed by atoms with van der Waals surface area (Å²) in [4.78, 5) is 42.7. The summed E-state index contributed by atoms with van der Waals surface area (Å²) in [5, 5.41) is 3.10. The number of carbonyl (C=O) groups is 3. The van der Waals surface area contributed by atoms with Crippen molar-refractivity contribution in [1.82, 2.24) is 15.1 Å². The van der Waals surface area contributed by atoms with Crippen LogP contribution in [0.25, 0.3) is 0 Å². The van der Waals surface area contributed by atoms with Gasteiger partial charge in [-0.05, 0) is 31.7 Å². The highest BCUT2D eigenvalue weighted by atomic mass is 16.2. The lowest BCUT2D eigenvalue weighted by molar-refractivity contribution is -0.144. The molecule has 1 saturated carbocycles. The summed E-state index contributed by atoms with van der Waals surface area (Å²) in [6.07, 6.45) is 8.14. The fourth-order valence-corrected chi connectivity index (χ4v) is 4.92. The Balaban J connectivity index is 1.66. The van der Waals surface area contributed by atoms with Crippen LogP contribution in [0.15, 0.2) is 30.3 Å². The Morgan fingerprint density at radius 1 is 1.06 bits per heavy atom. The Morgan fingerprint density at radius 2 is 1.78 bits per heavy atom. The van der Waals surface area contributed by atoms with Crippen LogP contribution in [0.5, 0.6) is 0 Å². The van der Waals surface area contributed by atoms with Gasteiger partial charge in [0.25, 0.3) is 0 Å². The molecule has 1 aromatic rings. The molecule has 6 nitrogen and oxygen atoms in total. The van der Waals surface area contributed by atoms with Crippen molar-refractivity contribution in [1.29, 1.82) is 0 Å². The van der Waals surface area contributed by atoms with Crippen molar-refractivity contribution < 1.29 is 14.4 Å². The molecule has 1 aromatic carbocycles. The van der Waals surface area contributed by atoms with Crippen molar-refractivity contribution in [3.63, 3.8) is 0 Å². The van der Waals surface area contributed by atoms with Crippen LogP contribution in [0.2, 0.25) is 0 Å². The number of amides is 3. The topological polar surface area (TPSA) is 69.7 Å². The highest BCUT2D eigenvalue weighted by molar-refractivity contribution is 5.89. The van der Waals surface area contributed by atoms with Crippen molar-refractivity contribution >= 4 is 17.7 Å². The van der Waals surface area contributed by atoms with Crippen LogP contribution in [-0.4, -0.2) is 59.2 Å². The molecule has 176 valence electrons. The number of hydrogen-bond donors (Lipinski definition) is 1. The monoisotopic (exact) mass is 441 g/mol. The van der Waals surface area contributed by atoms with E-state index < -0.39 is 6.04 Å². The summed E-state index contributed by atoms with van der Waals surface area (Å²) in [6, 6.07) is 9.30. The molecule has 2 fully saturated rings. The third-order valence-electron chi connectivity index (χ3n) is 6.88. The van der Waals surface area contributed by atoms with E-state index in [0.717, 1.165) is 44.1 Å². The third-order valence-corrected chi connectivity index (χ3v) is 6.88. The van der Waals surface area contributed by atoms with Crippen LogP contribution in [0, 0.1) is 5.92 Å². The second-order valence-corrected chi connectivity index (χ2v) is 9.41. The van der Waals surface area contributed by atoms with Crippen LogP contribution >= 0.6 is 0 Å². The van der Waals surface area contributed by atoms with Crippen LogP contribution in [0.1, 0.15) is 70.8 Å². The van der Waals surface area contributed by atoms with Gasteiger partial charge in [0, 0.05) is 44.4 Å². The second-order valence-electron chi connectivity index (χ2n) is 9.41. The van der Waals surface area contributed by atoms with E-state index in [2.05, 4.69) is 12.2 Å². The average Bonchev–Trinajstić information content (AvgIpc) is 2.82. The second kappa shape index (κ2) is 12.0. The minimum Gasteiger partial charge on any atom is -0.344 e. The van der Waals surface area contributed by atoms with Gasteiger partial charge in [0.1, 0.15) is 6.04 Å². The number of benzene rings is 1. The molecule has 3 rings (SSSR count). The number of piperazine rings is 1. The van der Waals surface area contributed by atoms with Crippen molar-refractivity contribution in [2.24, 2.45) is 5.92 Å². The van der Waals surface area contributed by atoms with Crippen LogP contribution in [-0.2, 0) is 20.8 Å². The maximum atomic E-state index is 13.5. The van der Waals surface area contributed by atoms with Gasteiger partial charge in [-0.3, -0.25) is 14.4 Å². The SMILES string of the molecule is CCCCC(=O)N1CCN(C(=O)C(Cc2ccccc2)NC(=O)C2CCCCC2)CC1C. The first-order valence-electron chi connectivity index (χ1n) is 12.4.